The van der Waals surface area contributed by atoms with Crippen molar-refractivity contribution in [2.75, 3.05) is 12.3 Å². The maximum absolute atomic E-state index is 11.2. The molecule has 0 aliphatic carbocycles. The third kappa shape index (κ3) is 4.96. The zero-order valence-electron chi connectivity index (χ0n) is 9.43. The number of aromatic amines is 1. The van der Waals surface area contributed by atoms with Gasteiger partial charge < -0.3 is 5.11 Å². The molecule has 0 aliphatic rings. The first kappa shape index (κ1) is 13.7. The van der Waals surface area contributed by atoms with Gasteiger partial charge in [-0.1, -0.05) is 0 Å². The zero-order valence-corrected chi connectivity index (χ0v) is 10.2. The molecule has 7 nitrogen and oxygen atoms in total. The Bertz CT molecular complexity index is 480. The van der Waals surface area contributed by atoms with Crippen LogP contribution in [0.1, 0.15) is 17.7 Å². The number of H-pyrrole nitrogens is 1. The second kappa shape index (κ2) is 5.78. The van der Waals surface area contributed by atoms with Crippen LogP contribution < -0.4 is 4.72 Å². The first-order valence-electron chi connectivity index (χ1n) is 5.09. The molecule has 8 heteroatoms. The van der Waals surface area contributed by atoms with Crippen LogP contribution >= 0.6 is 0 Å². The number of rotatable bonds is 7. The molecule has 0 radical (unpaired) electrons. The predicted octanol–water partition coefficient (Wildman–Crippen LogP) is -0.345. The highest BCUT2D eigenvalue weighted by Crippen LogP contribution is 2.05. The average Bonchev–Trinajstić information content (AvgIpc) is 2.57. The minimum Gasteiger partial charge on any atom is -0.480 e. The van der Waals surface area contributed by atoms with E-state index < -0.39 is 21.7 Å². The molecule has 0 spiro atoms. The summed E-state index contributed by atoms with van der Waals surface area (Å²) in [6.45, 7) is 2.11. The monoisotopic (exact) mass is 261 g/mol. The van der Waals surface area contributed by atoms with E-state index >= 15 is 0 Å². The number of aromatic nitrogens is 2. The number of carboxylic acids is 1. The van der Waals surface area contributed by atoms with Crippen molar-refractivity contribution in [2.24, 2.45) is 0 Å². The van der Waals surface area contributed by atoms with Crippen molar-refractivity contribution in [1.29, 1.82) is 0 Å². The molecule has 0 aliphatic heterocycles. The standard InChI is InChI=1S/C9H15N3O4S/c1-7-8(5-10-12-7)3-2-4-11-17(15,16)6-9(13)14/h5,11H,2-4,6H2,1H3,(H,10,12)(H,13,14). The number of aliphatic carboxylic acids is 1. The lowest BCUT2D eigenvalue weighted by Gasteiger charge is -2.03. The molecule has 1 heterocycles. The smallest absolute Gasteiger partial charge is 0.320 e. The number of carbonyl (C=O) groups is 1. The number of aryl methyl sites for hydroxylation is 2. The highest BCUT2D eigenvalue weighted by Gasteiger charge is 2.14. The molecule has 0 bridgehead atoms. The summed E-state index contributed by atoms with van der Waals surface area (Å²) in [4.78, 5) is 10.2. The van der Waals surface area contributed by atoms with Crippen LogP contribution in [0.2, 0.25) is 0 Å². The first-order chi connectivity index (χ1) is 7.91. The van der Waals surface area contributed by atoms with E-state index in [1.54, 1.807) is 6.20 Å². The van der Waals surface area contributed by atoms with Crippen molar-refractivity contribution < 1.29 is 18.3 Å². The summed E-state index contributed by atoms with van der Waals surface area (Å²) in [6, 6.07) is 0. The molecule has 0 unspecified atom stereocenters. The van der Waals surface area contributed by atoms with Gasteiger partial charge >= 0.3 is 5.97 Å². The molecule has 1 aromatic rings. The largest absolute Gasteiger partial charge is 0.480 e. The Kier molecular flexibility index (Phi) is 4.64. The van der Waals surface area contributed by atoms with Gasteiger partial charge in [0.1, 0.15) is 0 Å². The first-order valence-corrected chi connectivity index (χ1v) is 6.74. The van der Waals surface area contributed by atoms with Crippen molar-refractivity contribution in [3.8, 4) is 0 Å². The second-order valence-corrected chi connectivity index (χ2v) is 5.48. The van der Waals surface area contributed by atoms with Crippen LogP contribution in [0.25, 0.3) is 0 Å². The van der Waals surface area contributed by atoms with Gasteiger partial charge in [-0.15, -0.1) is 0 Å². The minimum atomic E-state index is -3.70. The molecule has 3 N–H and O–H groups in total. The third-order valence-electron chi connectivity index (χ3n) is 2.19. The molecular weight excluding hydrogens is 246 g/mol. The van der Waals surface area contributed by atoms with Crippen LogP contribution in [0, 0.1) is 6.92 Å². The number of hydrogen-bond acceptors (Lipinski definition) is 4. The molecule has 1 aromatic heterocycles. The van der Waals surface area contributed by atoms with Crippen molar-refractivity contribution in [2.45, 2.75) is 19.8 Å². The van der Waals surface area contributed by atoms with Crippen LogP contribution in [-0.2, 0) is 21.2 Å². The molecule has 96 valence electrons. The van der Waals surface area contributed by atoms with Gasteiger partial charge in [0.05, 0.1) is 6.20 Å². The predicted molar refractivity (Wildman–Crippen MR) is 61.1 cm³/mol. The van der Waals surface area contributed by atoms with E-state index in [-0.39, 0.29) is 6.54 Å². The highest BCUT2D eigenvalue weighted by atomic mass is 32.2. The van der Waals surface area contributed by atoms with Gasteiger partial charge in [-0.25, -0.2) is 13.1 Å². The lowest BCUT2D eigenvalue weighted by atomic mass is 10.1. The number of carboxylic acid groups (broad SMARTS) is 1. The van der Waals surface area contributed by atoms with Crippen LogP contribution in [0.4, 0.5) is 0 Å². The summed E-state index contributed by atoms with van der Waals surface area (Å²) in [6.07, 6.45) is 2.98. The topological polar surface area (TPSA) is 112 Å². The van der Waals surface area contributed by atoms with E-state index in [1.165, 1.54) is 0 Å². The second-order valence-electron chi connectivity index (χ2n) is 3.67. The molecule has 0 aromatic carbocycles. The van der Waals surface area contributed by atoms with E-state index in [9.17, 15) is 13.2 Å². The number of sulfonamides is 1. The van der Waals surface area contributed by atoms with E-state index in [1.807, 2.05) is 6.92 Å². The van der Waals surface area contributed by atoms with Crippen molar-refractivity contribution in [3.05, 3.63) is 17.5 Å². The van der Waals surface area contributed by atoms with Gasteiger partial charge in [-0.3, -0.25) is 9.89 Å². The summed E-state index contributed by atoms with van der Waals surface area (Å²) >= 11 is 0. The third-order valence-corrected chi connectivity index (χ3v) is 3.46. The molecule has 0 saturated heterocycles. The molecular formula is C9H15N3O4S. The highest BCUT2D eigenvalue weighted by molar-refractivity contribution is 7.90. The summed E-state index contributed by atoms with van der Waals surface area (Å²) in [7, 11) is -3.70. The molecule has 0 atom stereocenters. The minimum absolute atomic E-state index is 0.222. The fraction of sp³-hybridized carbons (Fsp3) is 0.556. The van der Waals surface area contributed by atoms with Crippen molar-refractivity contribution in [1.82, 2.24) is 14.9 Å². The quantitative estimate of drug-likeness (QED) is 0.581. The molecule has 0 amide bonds. The molecule has 0 saturated carbocycles. The van der Waals surface area contributed by atoms with Gasteiger partial charge in [0.15, 0.2) is 5.75 Å². The van der Waals surface area contributed by atoms with E-state index in [0.717, 1.165) is 11.3 Å². The Hall–Kier alpha value is -1.41. The maximum Gasteiger partial charge on any atom is 0.320 e. The Morgan fingerprint density at radius 2 is 2.29 bits per heavy atom. The maximum atomic E-state index is 11.2. The van der Waals surface area contributed by atoms with Crippen molar-refractivity contribution in [3.63, 3.8) is 0 Å². The van der Waals surface area contributed by atoms with Gasteiger partial charge in [0.2, 0.25) is 10.0 Å². The lowest BCUT2D eigenvalue weighted by molar-refractivity contribution is -0.134. The normalized spacial score (nSPS) is 11.6. The number of nitrogens with one attached hydrogen (secondary N) is 2. The number of hydrogen-bond donors (Lipinski definition) is 3. The van der Waals surface area contributed by atoms with E-state index in [2.05, 4.69) is 14.9 Å². The van der Waals surface area contributed by atoms with Crippen molar-refractivity contribution >= 4 is 16.0 Å². The Morgan fingerprint density at radius 3 is 2.82 bits per heavy atom. The molecule has 0 fully saturated rings. The van der Waals surface area contributed by atoms with E-state index in [4.69, 9.17) is 5.11 Å². The van der Waals surface area contributed by atoms with Gasteiger partial charge in [-0.2, -0.15) is 5.10 Å². The van der Waals surface area contributed by atoms with E-state index in [0.29, 0.717) is 12.8 Å². The van der Waals surface area contributed by atoms with Gasteiger partial charge in [0, 0.05) is 12.2 Å². The summed E-state index contributed by atoms with van der Waals surface area (Å²) in [5.41, 5.74) is 1.99. The van der Waals surface area contributed by atoms with Crippen LogP contribution in [0.3, 0.4) is 0 Å². The Morgan fingerprint density at radius 1 is 1.59 bits per heavy atom. The number of nitrogens with zero attached hydrogens (tertiary/aromatic N) is 1. The van der Waals surface area contributed by atoms with Gasteiger partial charge in [0.25, 0.3) is 0 Å². The average molecular weight is 261 g/mol. The Balaban J connectivity index is 2.29. The van der Waals surface area contributed by atoms with Gasteiger partial charge in [-0.05, 0) is 25.3 Å². The molecule has 17 heavy (non-hydrogen) atoms. The van der Waals surface area contributed by atoms with Crippen LogP contribution in [0.5, 0.6) is 0 Å². The fourth-order valence-corrected chi connectivity index (χ4v) is 2.23. The summed E-state index contributed by atoms with van der Waals surface area (Å²) < 4.78 is 24.6. The SMILES string of the molecule is Cc1[nH]ncc1CCCNS(=O)(=O)CC(=O)O. The Labute approximate surface area is 99.3 Å². The van der Waals surface area contributed by atoms with Crippen LogP contribution in [-0.4, -0.2) is 42.0 Å². The summed E-state index contributed by atoms with van der Waals surface area (Å²) in [5, 5.41) is 15.0. The zero-order chi connectivity index (χ0) is 12.9. The fourth-order valence-electron chi connectivity index (χ4n) is 1.35. The summed E-state index contributed by atoms with van der Waals surface area (Å²) in [5.74, 6) is -2.25. The molecule has 1 rings (SSSR count). The lowest BCUT2D eigenvalue weighted by Crippen LogP contribution is -2.30. The van der Waals surface area contributed by atoms with Crippen LogP contribution in [0.15, 0.2) is 6.20 Å².